The Labute approximate surface area is 156 Å². The fourth-order valence-corrected chi connectivity index (χ4v) is 2.71. The van der Waals surface area contributed by atoms with Crippen LogP contribution in [0.25, 0.3) is 0 Å². The van der Waals surface area contributed by atoms with E-state index in [0.29, 0.717) is 5.56 Å². The van der Waals surface area contributed by atoms with Crippen LogP contribution in [0, 0.1) is 0 Å². The number of ether oxygens (including phenoxy) is 1. The van der Waals surface area contributed by atoms with Crippen LogP contribution in [-0.4, -0.2) is 18.5 Å². The van der Waals surface area contributed by atoms with Crippen LogP contribution in [0.2, 0.25) is 0 Å². The minimum Gasteiger partial charge on any atom is -0.452 e. The van der Waals surface area contributed by atoms with E-state index in [4.69, 9.17) is 4.74 Å². The van der Waals surface area contributed by atoms with Gasteiger partial charge in [-0.2, -0.15) is 0 Å². The molecule has 4 nitrogen and oxygen atoms in total. The fourth-order valence-electron chi connectivity index (χ4n) is 2.44. The smallest absolute Gasteiger partial charge is 0.338 e. The lowest BCUT2D eigenvalue weighted by molar-refractivity contribution is -0.125. The molecule has 25 heavy (non-hydrogen) atoms. The number of halogens is 1. The largest absolute Gasteiger partial charge is 0.452 e. The number of rotatable bonds is 7. The second kappa shape index (κ2) is 9.37. The number of esters is 1. The summed E-state index contributed by atoms with van der Waals surface area (Å²) < 4.78 is 6.09. The average molecular weight is 404 g/mol. The van der Waals surface area contributed by atoms with Gasteiger partial charge in [0.25, 0.3) is 5.91 Å². The molecule has 0 heterocycles. The fraction of sp³-hybridized carbons (Fsp3) is 0.300. The summed E-state index contributed by atoms with van der Waals surface area (Å²) in [5.41, 5.74) is 2.61. The van der Waals surface area contributed by atoms with Crippen LogP contribution in [0.4, 0.5) is 0 Å². The summed E-state index contributed by atoms with van der Waals surface area (Å²) in [6.07, 6.45) is 1.66. The zero-order valence-corrected chi connectivity index (χ0v) is 16.0. The van der Waals surface area contributed by atoms with Gasteiger partial charge in [0, 0.05) is 4.47 Å². The maximum atomic E-state index is 12.1. The summed E-state index contributed by atoms with van der Waals surface area (Å²) >= 11 is 3.39. The third-order valence-electron chi connectivity index (χ3n) is 3.95. The summed E-state index contributed by atoms with van der Waals surface area (Å²) in [6.45, 7) is 3.75. The number of benzene rings is 2. The van der Waals surface area contributed by atoms with Crippen molar-refractivity contribution in [1.29, 1.82) is 0 Å². The Balaban J connectivity index is 1.88. The minimum absolute atomic E-state index is 0.108. The van der Waals surface area contributed by atoms with E-state index in [1.165, 1.54) is 0 Å². The zero-order valence-electron chi connectivity index (χ0n) is 14.4. The predicted molar refractivity (Wildman–Crippen MR) is 101 cm³/mol. The molecule has 2 rings (SSSR count). The molecule has 0 saturated carbocycles. The van der Waals surface area contributed by atoms with Gasteiger partial charge in [0.15, 0.2) is 6.61 Å². The van der Waals surface area contributed by atoms with Gasteiger partial charge in [0.1, 0.15) is 0 Å². The number of amides is 1. The summed E-state index contributed by atoms with van der Waals surface area (Å²) in [5, 5.41) is 2.90. The van der Waals surface area contributed by atoms with E-state index < -0.39 is 5.97 Å². The minimum atomic E-state index is -0.491. The molecule has 0 aliphatic carbocycles. The SMILES string of the molecule is CCc1ccc(C(=O)OCC(=O)N[C@H](CC)c2ccc(Br)cc2)cc1. The van der Waals surface area contributed by atoms with E-state index in [-0.39, 0.29) is 18.6 Å². The van der Waals surface area contributed by atoms with Crippen LogP contribution in [0.15, 0.2) is 53.0 Å². The van der Waals surface area contributed by atoms with Crippen molar-refractivity contribution < 1.29 is 14.3 Å². The summed E-state index contributed by atoms with van der Waals surface area (Å²) in [7, 11) is 0. The van der Waals surface area contributed by atoms with Crippen LogP contribution in [0.5, 0.6) is 0 Å². The van der Waals surface area contributed by atoms with E-state index in [1.54, 1.807) is 12.1 Å². The van der Waals surface area contributed by atoms with Crippen molar-refractivity contribution in [2.75, 3.05) is 6.61 Å². The second-order valence-electron chi connectivity index (χ2n) is 5.71. The molecular weight excluding hydrogens is 382 g/mol. The van der Waals surface area contributed by atoms with Gasteiger partial charge in [-0.25, -0.2) is 4.79 Å². The molecule has 0 saturated heterocycles. The molecule has 1 N–H and O–H groups in total. The Morgan fingerprint density at radius 3 is 2.24 bits per heavy atom. The standard InChI is InChI=1S/C20H22BrNO3/c1-3-14-5-7-16(8-6-14)20(24)25-13-19(23)22-18(4-2)15-9-11-17(21)12-10-15/h5-12,18H,3-4,13H2,1-2H3,(H,22,23)/t18-/m1/s1. The average Bonchev–Trinajstić information content (AvgIpc) is 2.65. The molecular formula is C20H22BrNO3. The third-order valence-corrected chi connectivity index (χ3v) is 4.48. The van der Waals surface area contributed by atoms with Crippen LogP contribution in [-0.2, 0) is 16.0 Å². The monoisotopic (exact) mass is 403 g/mol. The van der Waals surface area contributed by atoms with Crippen molar-refractivity contribution in [3.8, 4) is 0 Å². The van der Waals surface area contributed by atoms with Crippen molar-refractivity contribution in [3.05, 3.63) is 69.7 Å². The first-order valence-electron chi connectivity index (χ1n) is 8.34. The molecule has 2 aromatic carbocycles. The Hall–Kier alpha value is -2.14. The number of hydrogen-bond acceptors (Lipinski definition) is 3. The van der Waals surface area contributed by atoms with Crippen LogP contribution >= 0.6 is 15.9 Å². The molecule has 0 radical (unpaired) electrons. The lowest BCUT2D eigenvalue weighted by atomic mass is 10.0. The van der Waals surface area contributed by atoms with Crippen LogP contribution in [0.3, 0.4) is 0 Å². The van der Waals surface area contributed by atoms with Gasteiger partial charge in [-0.1, -0.05) is 54.0 Å². The molecule has 0 unspecified atom stereocenters. The Bertz CT molecular complexity index is 711. The summed E-state index contributed by atoms with van der Waals surface area (Å²) in [6, 6.07) is 14.9. The molecule has 1 atom stereocenters. The zero-order chi connectivity index (χ0) is 18.2. The molecule has 0 fully saturated rings. The van der Waals surface area contributed by atoms with Gasteiger partial charge in [-0.15, -0.1) is 0 Å². The van der Waals surface area contributed by atoms with Crippen molar-refractivity contribution in [3.63, 3.8) is 0 Å². The van der Waals surface area contributed by atoms with Gasteiger partial charge >= 0.3 is 5.97 Å². The van der Waals surface area contributed by atoms with Crippen molar-refractivity contribution >= 4 is 27.8 Å². The number of carbonyl (C=O) groups is 2. The van der Waals surface area contributed by atoms with Gasteiger partial charge < -0.3 is 10.1 Å². The van der Waals surface area contributed by atoms with Crippen molar-refractivity contribution in [1.82, 2.24) is 5.32 Å². The molecule has 0 bridgehead atoms. The van der Waals surface area contributed by atoms with E-state index in [1.807, 2.05) is 50.2 Å². The van der Waals surface area contributed by atoms with Crippen molar-refractivity contribution in [2.45, 2.75) is 32.7 Å². The highest BCUT2D eigenvalue weighted by Gasteiger charge is 2.15. The first-order valence-corrected chi connectivity index (χ1v) is 9.13. The molecule has 0 aliphatic rings. The first-order chi connectivity index (χ1) is 12.0. The van der Waals surface area contributed by atoms with Gasteiger partial charge in [-0.3, -0.25) is 4.79 Å². The number of hydrogen-bond donors (Lipinski definition) is 1. The second-order valence-corrected chi connectivity index (χ2v) is 6.62. The number of carbonyl (C=O) groups excluding carboxylic acids is 2. The molecule has 1 amide bonds. The molecule has 0 aromatic heterocycles. The summed E-state index contributed by atoms with van der Waals surface area (Å²) in [4.78, 5) is 24.1. The molecule has 2 aromatic rings. The maximum absolute atomic E-state index is 12.1. The molecule has 0 aliphatic heterocycles. The lowest BCUT2D eigenvalue weighted by Crippen LogP contribution is -2.32. The highest BCUT2D eigenvalue weighted by Crippen LogP contribution is 2.19. The quantitative estimate of drug-likeness (QED) is 0.695. The third kappa shape index (κ3) is 5.71. The summed E-state index contributed by atoms with van der Waals surface area (Å²) in [5.74, 6) is -0.803. The Morgan fingerprint density at radius 2 is 1.68 bits per heavy atom. The van der Waals surface area contributed by atoms with E-state index in [9.17, 15) is 9.59 Å². The Kier molecular flexibility index (Phi) is 7.19. The topological polar surface area (TPSA) is 55.4 Å². The molecule has 5 heteroatoms. The lowest BCUT2D eigenvalue weighted by Gasteiger charge is -2.17. The number of aryl methyl sites for hydroxylation is 1. The molecule has 132 valence electrons. The molecule has 0 spiro atoms. The van der Waals surface area contributed by atoms with Crippen LogP contribution in [0.1, 0.15) is 47.8 Å². The van der Waals surface area contributed by atoms with E-state index in [0.717, 1.165) is 28.4 Å². The Morgan fingerprint density at radius 1 is 1.04 bits per heavy atom. The highest BCUT2D eigenvalue weighted by atomic mass is 79.9. The van der Waals surface area contributed by atoms with Crippen molar-refractivity contribution in [2.24, 2.45) is 0 Å². The van der Waals surface area contributed by atoms with Gasteiger partial charge in [0.2, 0.25) is 0 Å². The maximum Gasteiger partial charge on any atom is 0.338 e. The van der Waals surface area contributed by atoms with Gasteiger partial charge in [-0.05, 0) is 48.2 Å². The highest BCUT2D eigenvalue weighted by molar-refractivity contribution is 9.10. The predicted octanol–water partition coefficient (Wildman–Crippen LogP) is 4.44. The number of nitrogens with one attached hydrogen (secondary N) is 1. The van der Waals surface area contributed by atoms with E-state index >= 15 is 0 Å². The van der Waals surface area contributed by atoms with E-state index in [2.05, 4.69) is 21.2 Å². The normalized spacial score (nSPS) is 11.6. The van der Waals surface area contributed by atoms with Crippen LogP contribution < -0.4 is 5.32 Å². The first kappa shape index (κ1) is 19.2. The van der Waals surface area contributed by atoms with Gasteiger partial charge in [0.05, 0.1) is 11.6 Å².